The maximum atomic E-state index is 12.7. The van der Waals surface area contributed by atoms with Gasteiger partial charge >= 0.3 is 0 Å². The molecule has 8 heteroatoms. The van der Waals surface area contributed by atoms with Gasteiger partial charge in [-0.1, -0.05) is 17.7 Å². The van der Waals surface area contributed by atoms with E-state index in [1.165, 1.54) is 17.4 Å². The number of anilines is 2. The molecule has 0 spiro atoms. The molecule has 3 rings (SSSR count). The molecule has 0 aliphatic heterocycles. The van der Waals surface area contributed by atoms with Gasteiger partial charge in [-0.25, -0.2) is 0 Å². The summed E-state index contributed by atoms with van der Waals surface area (Å²) in [6, 6.07) is 13.0. The molecule has 4 N–H and O–H groups in total. The first kappa shape index (κ1) is 19.6. The highest BCUT2D eigenvalue weighted by molar-refractivity contribution is 7.12. The molecule has 1 amide bonds. The molecule has 0 fully saturated rings. The van der Waals surface area contributed by atoms with Crippen molar-refractivity contribution in [2.45, 2.75) is 0 Å². The third kappa shape index (κ3) is 4.57. The van der Waals surface area contributed by atoms with Crippen molar-refractivity contribution in [2.24, 2.45) is 0 Å². The van der Waals surface area contributed by atoms with Crippen LogP contribution in [-0.4, -0.2) is 24.5 Å². The van der Waals surface area contributed by atoms with E-state index in [9.17, 15) is 9.59 Å². The van der Waals surface area contributed by atoms with E-state index in [0.717, 1.165) is 6.21 Å². The zero-order valence-corrected chi connectivity index (χ0v) is 16.1. The molecule has 0 unspecified atom stereocenters. The number of ether oxygens (including phenoxy) is 1. The van der Waals surface area contributed by atoms with Gasteiger partial charge in [0.05, 0.1) is 10.4 Å². The SMILES string of the molecule is N=Cc1cc(NC(=O)COc2ccc(Cl)cc2C(=O)c2cccs2)ccc1N. The van der Waals surface area contributed by atoms with Crippen LogP contribution in [-0.2, 0) is 4.79 Å². The Hall–Kier alpha value is -3.16. The summed E-state index contributed by atoms with van der Waals surface area (Å²) in [5.74, 6) is -0.359. The van der Waals surface area contributed by atoms with E-state index in [2.05, 4.69) is 5.32 Å². The number of ketones is 1. The standard InChI is InChI=1S/C20H16ClN3O3S/c21-13-3-6-17(15(9-13)20(26)18-2-1-7-28-18)27-11-19(25)24-14-4-5-16(23)12(8-14)10-22/h1-10,22H,11,23H2,(H,24,25). The van der Waals surface area contributed by atoms with Crippen molar-refractivity contribution in [1.82, 2.24) is 0 Å². The summed E-state index contributed by atoms with van der Waals surface area (Å²) in [5.41, 5.74) is 7.46. The van der Waals surface area contributed by atoms with Crippen LogP contribution in [0.15, 0.2) is 53.9 Å². The molecule has 3 aromatic rings. The topological polar surface area (TPSA) is 105 Å². The van der Waals surface area contributed by atoms with Crippen molar-refractivity contribution < 1.29 is 14.3 Å². The van der Waals surface area contributed by atoms with Gasteiger partial charge in [0, 0.05) is 28.2 Å². The van der Waals surface area contributed by atoms with Crippen molar-refractivity contribution in [3.05, 3.63) is 74.9 Å². The number of thiophene rings is 1. The highest BCUT2D eigenvalue weighted by Crippen LogP contribution is 2.27. The number of benzene rings is 2. The second kappa shape index (κ2) is 8.69. The van der Waals surface area contributed by atoms with E-state index < -0.39 is 5.91 Å². The number of nitrogens with one attached hydrogen (secondary N) is 2. The molecule has 28 heavy (non-hydrogen) atoms. The molecule has 0 aliphatic rings. The maximum absolute atomic E-state index is 12.7. The Morgan fingerprint density at radius 2 is 2.04 bits per heavy atom. The quantitative estimate of drug-likeness (QED) is 0.306. The summed E-state index contributed by atoms with van der Waals surface area (Å²) in [7, 11) is 0. The fraction of sp³-hybridized carbons (Fsp3) is 0.0500. The molecule has 1 aromatic heterocycles. The molecular formula is C20H16ClN3O3S. The predicted molar refractivity (Wildman–Crippen MR) is 112 cm³/mol. The predicted octanol–water partition coefficient (Wildman–Crippen LogP) is 4.23. The normalized spacial score (nSPS) is 10.3. The van der Waals surface area contributed by atoms with Crippen LogP contribution in [0, 0.1) is 5.41 Å². The Balaban J connectivity index is 1.71. The van der Waals surface area contributed by atoms with Crippen LogP contribution < -0.4 is 15.8 Å². The number of hydrogen-bond acceptors (Lipinski definition) is 6. The summed E-state index contributed by atoms with van der Waals surface area (Å²) < 4.78 is 5.57. The summed E-state index contributed by atoms with van der Waals surface area (Å²) in [6.07, 6.45) is 1.11. The summed E-state index contributed by atoms with van der Waals surface area (Å²) in [4.78, 5) is 25.4. The van der Waals surface area contributed by atoms with Crippen LogP contribution in [0.25, 0.3) is 0 Å². The smallest absolute Gasteiger partial charge is 0.262 e. The third-order valence-corrected chi connectivity index (χ3v) is 4.92. The minimum atomic E-state index is -0.412. The minimum absolute atomic E-state index is 0.220. The van der Waals surface area contributed by atoms with Gasteiger partial charge in [-0.05, 0) is 47.8 Å². The van der Waals surface area contributed by atoms with E-state index >= 15 is 0 Å². The number of hydrogen-bond donors (Lipinski definition) is 3. The number of halogens is 1. The average molecular weight is 414 g/mol. The van der Waals surface area contributed by atoms with Crippen molar-refractivity contribution in [1.29, 1.82) is 5.41 Å². The van der Waals surface area contributed by atoms with Gasteiger partial charge in [0.15, 0.2) is 6.61 Å². The largest absolute Gasteiger partial charge is 0.483 e. The van der Waals surface area contributed by atoms with Gasteiger partial charge in [0.2, 0.25) is 5.78 Å². The zero-order chi connectivity index (χ0) is 20.1. The van der Waals surface area contributed by atoms with E-state index in [1.54, 1.807) is 47.8 Å². The zero-order valence-electron chi connectivity index (χ0n) is 14.6. The Morgan fingerprint density at radius 1 is 1.21 bits per heavy atom. The first-order valence-electron chi connectivity index (χ1n) is 8.18. The number of carbonyl (C=O) groups is 2. The van der Waals surface area contributed by atoms with Gasteiger partial charge in [-0.3, -0.25) is 9.59 Å². The second-order valence-corrected chi connectivity index (χ2v) is 7.16. The number of amides is 1. The Kier molecular flexibility index (Phi) is 6.08. The lowest BCUT2D eigenvalue weighted by Gasteiger charge is -2.12. The molecular weight excluding hydrogens is 398 g/mol. The van der Waals surface area contributed by atoms with Crippen LogP contribution in [0.1, 0.15) is 20.8 Å². The van der Waals surface area contributed by atoms with Crippen molar-refractivity contribution >= 4 is 52.2 Å². The Morgan fingerprint density at radius 3 is 2.75 bits per heavy atom. The van der Waals surface area contributed by atoms with Gasteiger partial charge in [0.25, 0.3) is 5.91 Å². The highest BCUT2D eigenvalue weighted by atomic mass is 35.5. The molecule has 0 saturated carbocycles. The van der Waals surface area contributed by atoms with E-state index in [1.807, 2.05) is 0 Å². The molecule has 0 saturated heterocycles. The third-order valence-electron chi connectivity index (χ3n) is 3.82. The van der Waals surface area contributed by atoms with Gasteiger partial charge in [0.1, 0.15) is 5.75 Å². The molecule has 0 atom stereocenters. The molecule has 0 bridgehead atoms. The fourth-order valence-corrected chi connectivity index (χ4v) is 3.31. The summed E-state index contributed by atoms with van der Waals surface area (Å²) in [6.45, 7) is -0.295. The maximum Gasteiger partial charge on any atom is 0.262 e. The number of carbonyl (C=O) groups excluding carboxylic acids is 2. The van der Waals surface area contributed by atoms with E-state index in [-0.39, 0.29) is 18.1 Å². The lowest BCUT2D eigenvalue weighted by Crippen LogP contribution is -2.21. The first-order valence-corrected chi connectivity index (χ1v) is 9.44. The molecule has 1 heterocycles. The van der Waals surface area contributed by atoms with Crippen molar-refractivity contribution in [3.8, 4) is 5.75 Å². The summed E-state index contributed by atoms with van der Waals surface area (Å²) in [5, 5.41) is 12.2. The van der Waals surface area contributed by atoms with Crippen LogP contribution >= 0.6 is 22.9 Å². The molecule has 0 radical (unpaired) electrons. The van der Waals surface area contributed by atoms with Crippen LogP contribution in [0.3, 0.4) is 0 Å². The monoisotopic (exact) mass is 413 g/mol. The van der Waals surface area contributed by atoms with Crippen molar-refractivity contribution in [3.63, 3.8) is 0 Å². The van der Waals surface area contributed by atoms with E-state index in [0.29, 0.717) is 32.4 Å². The second-order valence-electron chi connectivity index (χ2n) is 5.77. The molecule has 0 aliphatic carbocycles. The number of rotatable bonds is 7. The first-order chi connectivity index (χ1) is 13.5. The number of nitrogen functional groups attached to an aromatic ring is 1. The molecule has 142 valence electrons. The fourth-order valence-electron chi connectivity index (χ4n) is 2.46. The lowest BCUT2D eigenvalue weighted by atomic mass is 10.1. The molecule has 6 nitrogen and oxygen atoms in total. The minimum Gasteiger partial charge on any atom is -0.483 e. The van der Waals surface area contributed by atoms with Gasteiger partial charge < -0.3 is 21.2 Å². The van der Waals surface area contributed by atoms with Gasteiger partial charge in [-0.2, -0.15) is 0 Å². The average Bonchev–Trinajstić information content (AvgIpc) is 3.22. The number of nitrogens with two attached hydrogens (primary N) is 1. The Bertz CT molecular complexity index is 1040. The lowest BCUT2D eigenvalue weighted by molar-refractivity contribution is -0.118. The van der Waals surface area contributed by atoms with Crippen LogP contribution in [0.2, 0.25) is 5.02 Å². The highest BCUT2D eigenvalue weighted by Gasteiger charge is 2.17. The van der Waals surface area contributed by atoms with Crippen LogP contribution in [0.4, 0.5) is 11.4 Å². The molecule has 2 aromatic carbocycles. The van der Waals surface area contributed by atoms with Crippen LogP contribution in [0.5, 0.6) is 5.75 Å². The Labute approximate surface area is 170 Å². The van der Waals surface area contributed by atoms with Crippen molar-refractivity contribution in [2.75, 3.05) is 17.7 Å². The van der Waals surface area contributed by atoms with E-state index in [4.69, 9.17) is 27.5 Å². The summed E-state index contributed by atoms with van der Waals surface area (Å²) >= 11 is 7.34. The van der Waals surface area contributed by atoms with Gasteiger partial charge in [-0.15, -0.1) is 11.3 Å².